The van der Waals surface area contributed by atoms with Gasteiger partial charge < -0.3 is 4.74 Å². The molecule has 0 saturated heterocycles. The molecule has 0 aliphatic carbocycles. The SMILES string of the molecule is CC1=C(C)SC(Cl)=C(Cl)O1. The number of rotatable bonds is 0. The molecule has 0 N–H and O–H groups in total. The predicted molar refractivity (Wildman–Crippen MR) is 45.8 cm³/mol. The molecule has 0 spiro atoms. The first-order chi connectivity index (χ1) is 4.61. The van der Waals surface area contributed by atoms with E-state index in [9.17, 15) is 0 Å². The van der Waals surface area contributed by atoms with Crippen LogP contribution in [0, 0.1) is 0 Å². The Morgan fingerprint density at radius 3 is 2.40 bits per heavy atom. The van der Waals surface area contributed by atoms with Crippen molar-refractivity contribution < 1.29 is 4.74 Å². The van der Waals surface area contributed by atoms with Crippen molar-refractivity contribution in [3.63, 3.8) is 0 Å². The molecule has 1 aliphatic rings. The van der Waals surface area contributed by atoms with E-state index in [1.54, 1.807) is 0 Å². The summed E-state index contributed by atoms with van der Waals surface area (Å²) in [6, 6.07) is 0. The van der Waals surface area contributed by atoms with Gasteiger partial charge in [0.2, 0.25) is 5.22 Å². The van der Waals surface area contributed by atoms with E-state index in [0.29, 0.717) is 4.36 Å². The Morgan fingerprint density at radius 1 is 1.30 bits per heavy atom. The molecule has 0 fully saturated rings. The van der Waals surface area contributed by atoms with E-state index in [2.05, 4.69) is 0 Å². The van der Waals surface area contributed by atoms with Crippen LogP contribution in [-0.2, 0) is 4.74 Å². The third-order valence-electron chi connectivity index (χ3n) is 1.14. The standard InChI is InChI=1S/C6H6Cl2OS/c1-3-4(2)10-6(8)5(7)9-3/h1-2H3. The van der Waals surface area contributed by atoms with E-state index in [-0.39, 0.29) is 5.22 Å². The minimum absolute atomic E-state index is 0.273. The molecule has 1 aliphatic heterocycles. The smallest absolute Gasteiger partial charge is 0.218 e. The van der Waals surface area contributed by atoms with Gasteiger partial charge in [0.25, 0.3) is 0 Å². The second kappa shape index (κ2) is 3.07. The summed E-state index contributed by atoms with van der Waals surface area (Å²) < 4.78 is 5.59. The van der Waals surface area contributed by atoms with Gasteiger partial charge in [-0.1, -0.05) is 23.4 Å². The number of allylic oxidation sites excluding steroid dienone is 2. The molecule has 10 heavy (non-hydrogen) atoms. The van der Waals surface area contributed by atoms with Crippen molar-refractivity contribution in [3.8, 4) is 0 Å². The van der Waals surface area contributed by atoms with Crippen LogP contribution in [0.4, 0.5) is 0 Å². The molecule has 1 heterocycles. The first-order valence-corrected chi connectivity index (χ1v) is 4.27. The van der Waals surface area contributed by atoms with Crippen LogP contribution in [0.15, 0.2) is 20.2 Å². The molecule has 0 aromatic carbocycles. The van der Waals surface area contributed by atoms with Crippen molar-refractivity contribution in [2.24, 2.45) is 0 Å². The van der Waals surface area contributed by atoms with Crippen LogP contribution in [0.25, 0.3) is 0 Å². The van der Waals surface area contributed by atoms with Crippen molar-refractivity contribution in [3.05, 3.63) is 20.2 Å². The Kier molecular flexibility index (Phi) is 2.55. The maximum atomic E-state index is 5.68. The summed E-state index contributed by atoms with van der Waals surface area (Å²) in [5, 5.41) is 0.273. The van der Waals surface area contributed by atoms with Crippen LogP contribution in [0.1, 0.15) is 13.8 Å². The lowest BCUT2D eigenvalue weighted by atomic mass is 10.5. The molecule has 56 valence electrons. The molecule has 0 aromatic heterocycles. The van der Waals surface area contributed by atoms with Crippen LogP contribution < -0.4 is 0 Å². The van der Waals surface area contributed by atoms with Gasteiger partial charge in [-0.15, -0.1) is 0 Å². The van der Waals surface area contributed by atoms with Crippen LogP contribution in [0.5, 0.6) is 0 Å². The third kappa shape index (κ3) is 1.62. The normalized spacial score (nSPS) is 19.6. The number of thioether (sulfide) groups is 1. The first kappa shape index (κ1) is 8.31. The van der Waals surface area contributed by atoms with Gasteiger partial charge in [0.15, 0.2) is 0 Å². The monoisotopic (exact) mass is 196 g/mol. The van der Waals surface area contributed by atoms with Gasteiger partial charge in [0.1, 0.15) is 10.1 Å². The van der Waals surface area contributed by atoms with E-state index in [1.807, 2.05) is 13.8 Å². The molecule has 0 amide bonds. The number of halogens is 2. The Labute approximate surface area is 74.0 Å². The zero-order valence-electron chi connectivity index (χ0n) is 5.57. The molecule has 4 heteroatoms. The van der Waals surface area contributed by atoms with Gasteiger partial charge in [-0.25, -0.2) is 0 Å². The van der Waals surface area contributed by atoms with E-state index >= 15 is 0 Å². The van der Waals surface area contributed by atoms with Gasteiger partial charge in [-0.2, -0.15) is 0 Å². The van der Waals surface area contributed by atoms with E-state index < -0.39 is 0 Å². The summed E-state index contributed by atoms with van der Waals surface area (Å²) in [4.78, 5) is 1.05. The molecule has 0 aromatic rings. The lowest BCUT2D eigenvalue weighted by molar-refractivity contribution is 0.333. The molecule has 1 rings (SSSR count). The maximum Gasteiger partial charge on any atom is 0.218 e. The maximum absolute atomic E-state index is 5.68. The zero-order chi connectivity index (χ0) is 7.72. The summed E-state index contributed by atoms with van der Waals surface area (Å²) in [6.45, 7) is 3.79. The number of hydrogen-bond donors (Lipinski definition) is 0. The minimum Gasteiger partial charge on any atom is -0.447 e. The highest BCUT2D eigenvalue weighted by Crippen LogP contribution is 2.39. The third-order valence-corrected chi connectivity index (χ3v) is 2.97. The number of ether oxygens (including phenoxy) is 1. The molecule has 0 saturated carbocycles. The largest absolute Gasteiger partial charge is 0.447 e. The fourth-order valence-corrected chi connectivity index (χ4v) is 1.69. The number of hydrogen-bond acceptors (Lipinski definition) is 2. The Hall–Kier alpha value is 0.210. The molecular weight excluding hydrogens is 191 g/mol. The van der Waals surface area contributed by atoms with Crippen LogP contribution >= 0.6 is 35.0 Å². The van der Waals surface area contributed by atoms with E-state index in [0.717, 1.165) is 10.7 Å². The fourth-order valence-electron chi connectivity index (χ4n) is 0.493. The Balaban J connectivity index is 2.81. The Bertz CT molecular complexity index is 176. The van der Waals surface area contributed by atoms with Gasteiger partial charge in [-0.05, 0) is 25.4 Å². The van der Waals surface area contributed by atoms with Crippen molar-refractivity contribution >= 4 is 35.0 Å². The average Bonchev–Trinajstić information content (AvgIpc) is 1.84. The van der Waals surface area contributed by atoms with Gasteiger partial charge in [0, 0.05) is 4.91 Å². The lowest BCUT2D eigenvalue weighted by Gasteiger charge is -2.14. The highest BCUT2D eigenvalue weighted by molar-refractivity contribution is 8.08. The quantitative estimate of drug-likeness (QED) is 0.586. The van der Waals surface area contributed by atoms with Crippen LogP contribution in [-0.4, -0.2) is 0 Å². The molecule has 0 atom stereocenters. The summed E-state index contributed by atoms with van der Waals surface area (Å²) in [7, 11) is 0. The highest BCUT2D eigenvalue weighted by atomic mass is 35.5. The molecule has 1 nitrogen and oxygen atoms in total. The summed E-state index contributed by atoms with van der Waals surface area (Å²) in [5.74, 6) is 0.819. The van der Waals surface area contributed by atoms with Crippen molar-refractivity contribution in [2.75, 3.05) is 0 Å². The lowest BCUT2D eigenvalue weighted by Crippen LogP contribution is -1.93. The van der Waals surface area contributed by atoms with E-state index in [1.165, 1.54) is 11.8 Å². The van der Waals surface area contributed by atoms with Crippen LogP contribution in [0.2, 0.25) is 0 Å². The van der Waals surface area contributed by atoms with Crippen LogP contribution in [0.3, 0.4) is 0 Å². The second-order valence-electron chi connectivity index (χ2n) is 1.86. The first-order valence-electron chi connectivity index (χ1n) is 2.69. The van der Waals surface area contributed by atoms with Crippen molar-refractivity contribution in [1.82, 2.24) is 0 Å². The molecule has 0 unspecified atom stereocenters. The average molecular weight is 197 g/mol. The zero-order valence-corrected chi connectivity index (χ0v) is 7.90. The molecule has 0 bridgehead atoms. The van der Waals surface area contributed by atoms with Gasteiger partial charge in [-0.3, -0.25) is 0 Å². The van der Waals surface area contributed by atoms with Gasteiger partial charge in [0.05, 0.1) is 0 Å². The summed E-state index contributed by atoms with van der Waals surface area (Å²) in [6.07, 6.45) is 0. The predicted octanol–water partition coefficient (Wildman–Crippen LogP) is 3.61. The topological polar surface area (TPSA) is 9.23 Å². The fraction of sp³-hybridized carbons (Fsp3) is 0.333. The minimum atomic E-state index is 0.273. The second-order valence-corrected chi connectivity index (χ2v) is 4.03. The summed E-state index contributed by atoms with van der Waals surface area (Å²) >= 11 is 12.7. The van der Waals surface area contributed by atoms with Crippen molar-refractivity contribution in [1.29, 1.82) is 0 Å². The van der Waals surface area contributed by atoms with E-state index in [4.69, 9.17) is 27.9 Å². The Morgan fingerprint density at radius 2 is 1.90 bits per heavy atom. The summed E-state index contributed by atoms with van der Waals surface area (Å²) in [5.41, 5.74) is 0. The highest BCUT2D eigenvalue weighted by Gasteiger charge is 2.14. The van der Waals surface area contributed by atoms with Gasteiger partial charge >= 0.3 is 0 Å². The molecule has 0 radical (unpaired) electrons. The van der Waals surface area contributed by atoms with Crippen molar-refractivity contribution in [2.45, 2.75) is 13.8 Å². The molecular formula is C6H6Cl2OS.